The van der Waals surface area contributed by atoms with Crippen molar-refractivity contribution in [2.45, 2.75) is 19.4 Å². The van der Waals surface area contributed by atoms with Crippen molar-refractivity contribution in [2.75, 3.05) is 6.61 Å². The Morgan fingerprint density at radius 2 is 1.62 bits per heavy atom. The van der Waals surface area contributed by atoms with Crippen LogP contribution in [0.25, 0.3) is 10.8 Å². The van der Waals surface area contributed by atoms with Gasteiger partial charge in [0, 0.05) is 0 Å². The van der Waals surface area contributed by atoms with Crippen LogP contribution in [0.5, 0.6) is 0 Å². The van der Waals surface area contributed by atoms with Crippen LogP contribution in [0.4, 0.5) is 0 Å². The predicted octanol–water partition coefficient (Wildman–Crippen LogP) is 3.80. The normalized spacial score (nSPS) is 11.7. The number of esters is 1. The SMILES string of the molecule is CCOC(=O)C(NC(=O)Cc1cccc2ccccc12)c1ccccc1. The second kappa shape index (κ2) is 8.30. The van der Waals surface area contributed by atoms with Crippen molar-refractivity contribution in [1.29, 1.82) is 0 Å². The van der Waals surface area contributed by atoms with E-state index in [1.807, 2.05) is 60.7 Å². The standard InChI is InChI=1S/C22H21NO3/c1-2-26-22(25)21(17-10-4-3-5-11-17)23-20(24)15-18-13-8-12-16-9-6-7-14-19(16)18/h3-14,21H,2,15H2,1H3,(H,23,24). The summed E-state index contributed by atoms with van der Waals surface area (Å²) in [5, 5.41) is 4.94. The number of carbonyl (C=O) groups is 2. The van der Waals surface area contributed by atoms with Gasteiger partial charge in [0.05, 0.1) is 13.0 Å². The Labute approximate surface area is 152 Å². The molecule has 3 aromatic carbocycles. The summed E-state index contributed by atoms with van der Waals surface area (Å²) in [5.74, 6) is -0.673. The fraction of sp³-hybridized carbons (Fsp3) is 0.182. The molecule has 4 heteroatoms. The van der Waals surface area contributed by atoms with Gasteiger partial charge >= 0.3 is 5.97 Å². The van der Waals surface area contributed by atoms with Gasteiger partial charge in [-0.15, -0.1) is 0 Å². The van der Waals surface area contributed by atoms with Crippen LogP contribution in [0.1, 0.15) is 24.1 Å². The third-order valence-corrected chi connectivity index (χ3v) is 4.19. The number of hydrogen-bond acceptors (Lipinski definition) is 3. The number of hydrogen-bond donors (Lipinski definition) is 1. The van der Waals surface area contributed by atoms with Gasteiger partial charge < -0.3 is 10.1 Å². The van der Waals surface area contributed by atoms with Gasteiger partial charge in [-0.2, -0.15) is 0 Å². The van der Waals surface area contributed by atoms with E-state index >= 15 is 0 Å². The first-order valence-corrected chi connectivity index (χ1v) is 8.66. The van der Waals surface area contributed by atoms with Crippen molar-refractivity contribution < 1.29 is 14.3 Å². The Bertz CT molecular complexity index is 900. The van der Waals surface area contributed by atoms with Crippen LogP contribution < -0.4 is 5.32 Å². The molecule has 1 atom stereocenters. The number of nitrogens with one attached hydrogen (secondary N) is 1. The summed E-state index contributed by atoms with van der Waals surface area (Å²) in [5.41, 5.74) is 1.63. The summed E-state index contributed by atoms with van der Waals surface area (Å²) in [4.78, 5) is 24.9. The lowest BCUT2D eigenvalue weighted by Gasteiger charge is -2.18. The summed E-state index contributed by atoms with van der Waals surface area (Å²) >= 11 is 0. The molecule has 3 aromatic rings. The first-order chi connectivity index (χ1) is 12.7. The highest BCUT2D eigenvalue weighted by Gasteiger charge is 2.24. The lowest BCUT2D eigenvalue weighted by atomic mass is 10.0. The monoisotopic (exact) mass is 347 g/mol. The number of rotatable bonds is 6. The summed E-state index contributed by atoms with van der Waals surface area (Å²) in [7, 11) is 0. The van der Waals surface area contributed by atoms with Gasteiger partial charge in [-0.05, 0) is 28.8 Å². The Hall–Kier alpha value is -3.14. The molecule has 0 saturated heterocycles. The van der Waals surface area contributed by atoms with Crippen molar-refractivity contribution in [3.05, 3.63) is 83.9 Å². The molecule has 1 N–H and O–H groups in total. The van der Waals surface area contributed by atoms with E-state index in [4.69, 9.17) is 4.74 Å². The third kappa shape index (κ3) is 4.09. The molecule has 0 aromatic heterocycles. The van der Waals surface area contributed by atoms with Crippen LogP contribution in [0, 0.1) is 0 Å². The maximum absolute atomic E-state index is 12.6. The van der Waals surface area contributed by atoms with E-state index in [0.29, 0.717) is 5.56 Å². The zero-order chi connectivity index (χ0) is 18.4. The van der Waals surface area contributed by atoms with E-state index in [9.17, 15) is 9.59 Å². The molecule has 0 aliphatic rings. The molecule has 0 bridgehead atoms. The van der Waals surface area contributed by atoms with Crippen molar-refractivity contribution in [1.82, 2.24) is 5.32 Å². The van der Waals surface area contributed by atoms with Crippen molar-refractivity contribution >= 4 is 22.6 Å². The van der Waals surface area contributed by atoms with Gasteiger partial charge in [-0.1, -0.05) is 72.8 Å². The summed E-state index contributed by atoms with van der Waals surface area (Å²) < 4.78 is 5.13. The smallest absolute Gasteiger partial charge is 0.333 e. The Morgan fingerprint density at radius 3 is 2.38 bits per heavy atom. The molecule has 3 rings (SSSR count). The molecule has 4 nitrogen and oxygen atoms in total. The van der Waals surface area contributed by atoms with Gasteiger partial charge in [0.2, 0.25) is 5.91 Å². The fourth-order valence-electron chi connectivity index (χ4n) is 2.98. The first-order valence-electron chi connectivity index (χ1n) is 8.66. The number of amides is 1. The minimum absolute atomic E-state index is 0.199. The molecule has 26 heavy (non-hydrogen) atoms. The molecule has 1 unspecified atom stereocenters. The van der Waals surface area contributed by atoms with Gasteiger partial charge in [0.1, 0.15) is 0 Å². The Kier molecular flexibility index (Phi) is 5.64. The molecule has 0 fully saturated rings. The predicted molar refractivity (Wildman–Crippen MR) is 102 cm³/mol. The maximum atomic E-state index is 12.6. The van der Waals surface area contributed by atoms with E-state index < -0.39 is 12.0 Å². The molecular formula is C22H21NO3. The molecule has 0 radical (unpaired) electrons. The van der Waals surface area contributed by atoms with E-state index in [1.165, 1.54) is 0 Å². The van der Waals surface area contributed by atoms with Crippen LogP contribution in [0.15, 0.2) is 72.8 Å². The topological polar surface area (TPSA) is 55.4 Å². The molecule has 0 saturated carbocycles. The third-order valence-electron chi connectivity index (χ3n) is 4.19. The summed E-state index contributed by atoms with van der Waals surface area (Å²) in [6.07, 6.45) is 0.199. The maximum Gasteiger partial charge on any atom is 0.333 e. The highest BCUT2D eigenvalue weighted by molar-refractivity contribution is 5.92. The van der Waals surface area contributed by atoms with Gasteiger partial charge in [-0.3, -0.25) is 4.79 Å². The van der Waals surface area contributed by atoms with Crippen LogP contribution >= 0.6 is 0 Å². The van der Waals surface area contributed by atoms with E-state index in [0.717, 1.165) is 16.3 Å². The van der Waals surface area contributed by atoms with Gasteiger partial charge in [0.25, 0.3) is 0 Å². The van der Waals surface area contributed by atoms with Gasteiger partial charge in [0.15, 0.2) is 6.04 Å². The summed E-state index contributed by atoms with van der Waals surface area (Å²) in [6.45, 7) is 2.01. The lowest BCUT2D eigenvalue weighted by Crippen LogP contribution is -2.35. The summed E-state index contributed by atoms with van der Waals surface area (Å²) in [6, 6.07) is 22.2. The molecule has 0 aliphatic carbocycles. The Morgan fingerprint density at radius 1 is 0.923 bits per heavy atom. The quantitative estimate of drug-likeness (QED) is 0.690. The molecule has 0 spiro atoms. The van der Waals surface area contributed by atoms with Crippen LogP contribution in [-0.4, -0.2) is 18.5 Å². The highest BCUT2D eigenvalue weighted by Crippen LogP contribution is 2.20. The van der Waals surface area contributed by atoms with E-state index in [1.54, 1.807) is 19.1 Å². The number of carbonyl (C=O) groups excluding carboxylic acids is 2. The lowest BCUT2D eigenvalue weighted by molar-refractivity contribution is -0.147. The largest absolute Gasteiger partial charge is 0.464 e. The number of ether oxygens (including phenoxy) is 1. The average Bonchev–Trinajstić information content (AvgIpc) is 2.67. The second-order valence-electron chi connectivity index (χ2n) is 5.98. The molecule has 132 valence electrons. The molecule has 0 aliphatic heterocycles. The fourth-order valence-corrected chi connectivity index (χ4v) is 2.98. The zero-order valence-corrected chi connectivity index (χ0v) is 14.6. The minimum atomic E-state index is -0.807. The second-order valence-corrected chi connectivity index (χ2v) is 5.98. The molecule has 0 heterocycles. The number of benzene rings is 3. The minimum Gasteiger partial charge on any atom is -0.464 e. The first kappa shape index (κ1) is 17.7. The number of fused-ring (bicyclic) bond motifs is 1. The van der Waals surface area contributed by atoms with Crippen LogP contribution in [0.3, 0.4) is 0 Å². The molecular weight excluding hydrogens is 326 g/mol. The van der Waals surface area contributed by atoms with Crippen molar-refractivity contribution in [3.8, 4) is 0 Å². The van der Waals surface area contributed by atoms with Gasteiger partial charge in [-0.25, -0.2) is 4.79 Å². The average molecular weight is 347 g/mol. The van der Waals surface area contributed by atoms with Crippen LogP contribution in [0.2, 0.25) is 0 Å². The van der Waals surface area contributed by atoms with E-state index in [2.05, 4.69) is 5.32 Å². The van der Waals surface area contributed by atoms with Crippen LogP contribution in [-0.2, 0) is 20.7 Å². The highest BCUT2D eigenvalue weighted by atomic mass is 16.5. The Balaban J connectivity index is 1.80. The van der Waals surface area contributed by atoms with Crippen molar-refractivity contribution in [3.63, 3.8) is 0 Å². The molecule has 1 amide bonds. The zero-order valence-electron chi connectivity index (χ0n) is 14.6. The van der Waals surface area contributed by atoms with Crippen molar-refractivity contribution in [2.24, 2.45) is 0 Å². The van der Waals surface area contributed by atoms with E-state index in [-0.39, 0.29) is 18.9 Å².